The predicted octanol–water partition coefficient (Wildman–Crippen LogP) is 4.88. The standard InChI is InChI=1S/C16H8N2S5/c1-2-4-10-9(3-1)17-11-12(18-10)14(16-21-7-8-22-16)23-13(11)15-19-5-6-20-15/h1-8H. The van der Waals surface area contributed by atoms with Gasteiger partial charge in [0.2, 0.25) is 0 Å². The molecule has 0 amide bonds. The summed E-state index contributed by atoms with van der Waals surface area (Å²) < 4.78 is 5.09. The first kappa shape index (κ1) is 14.5. The van der Waals surface area contributed by atoms with Gasteiger partial charge in [0, 0.05) is 0 Å². The quantitative estimate of drug-likeness (QED) is 0.545. The molecule has 0 saturated carbocycles. The number of nitrogens with zero attached hydrogens (tertiary/aromatic N) is 2. The highest BCUT2D eigenvalue weighted by Crippen LogP contribution is 2.40. The van der Waals surface area contributed by atoms with Gasteiger partial charge >= 0.3 is 0 Å². The van der Waals surface area contributed by atoms with Crippen LogP contribution in [0.1, 0.15) is 0 Å². The van der Waals surface area contributed by atoms with Crippen LogP contribution in [0.4, 0.5) is 0 Å². The van der Waals surface area contributed by atoms with E-state index in [1.807, 2.05) is 35.6 Å². The molecule has 2 aliphatic heterocycles. The van der Waals surface area contributed by atoms with Crippen LogP contribution in [-0.2, 0) is 0 Å². The number of para-hydroxylation sites is 2. The average molecular weight is 389 g/mol. The molecule has 0 bridgehead atoms. The van der Waals surface area contributed by atoms with Crippen molar-refractivity contribution in [3.63, 3.8) is 0 Å². The lowest BCUT2D eigenvalue weighted by molar-refractivity contribution is 1.40. The second-order valence-corrected chi connectivity index (χ2v) is 9.96. The van der Waals surface area contributed by atoms with E-state index in [0.717, 1.165) is 22.1 Å². The highest BCUT2D eigenvalue weighted by molar-refractivity contribution is 8.35. The Labute approximate surface area is 153 Å². The molecule has 2 nitrogen and oxygen atoms in total. The molecule has 0 atom stereocenters. The van der Waals surface area contributed by atoms with E-state index in [9.17, 15) is 0 Å². The highest BCUT2D eigenvalue weighted by Gasteiger charge is 2.16. The molecule has 0 N–H and O–H groups in total. The van der Waals surface area contributed by atoms with Crippen molar-refractivity contribution in [1.29, 1.82) is 0 Å². The van der Waals surface area contributed by atoms with E-state index in [1.54, 1.807) is 47.0 Å². The predicted molar refractivity (Wildman–Crippen MR) is 110 cm³/mol. The van der Waals surface area contributed by atoms with Gasteiger partial charge in [-0.05, 0) is 33.8 Å². The SMILES string of the molecule is C1=CSC(=c2sc(=C3SC=CS3)c3nc4ccccc4nc23)S1. The number of aromatic nitrogens is 2. The molecule has 5 rings (SSSR count). The summed E-state index contributed by atoms with van der Waals surface area (Å²) in [5.41, 5.74) is 3.98. The van der Waals surface area contributed by atoms with Crippen LogP contribution in [0.2, 0.25) is 0 Å². The third-order valence-electron chi connectivity index (χ3n) is 3.39. The van der Waals surface area contributed by atoms with Gasteiger partial charge in [-0.1, -0.05) is 59.2 Å². The zero-order valence-electron chi connectivity index (χ0n) is 11.6. The maximum atomic E-state index is 4.93. The minimum absolute atomic E-state index is 0.960. The highest BCUT2D eigenvalue weighted by atomic mass is 32.2. The summed E-state index contributed by atoms with van der Waals surface area (Å²) in [6.07, 6.45) is 0. The first-order chi connectivity index (χ1) is 11.4. The maximum absolute atomic E-state index is 4.93. The first-order valence-corrected chi connectivity index (χ1v) is 11.1. The number of thiophene rings is 1. The molecule has 0 unspecified atom stereocenters. The van der Waals surface area contributed by atoms with Gasteiger partial charge in [0.25, 0.3) is 0 Å². The molecular weight excluding hydrogens is 381 g/mol. The van der Waals surface area contributed by atoms with Crippen molar-refractivity contribution in [3.05, 3.63) is 55.0 Å². The van der Waals surface area contributed by atoms with E-state index in [-0.39, 0.29) is 0 Å². The molecule has 7 heteroatoms. The Hall–Kier alpha value is -0.860. The van der Waals surface area contributed by atoms with Gasteiger partial charge in [-0.25, -0.2) is 9.97 Å². The van der Waals surface area contributed by atoms with Crippen molar-refractivity contribution in [2.45, 2.75) is 0 Å². The van der Waals surface area contributed by atoms with Crippen molar-refractivity contribution in [2.75, 3.05) is 0 Å². The number of benzene rings is 1. The monoisotopic (exact) mass is 388 g/mol. The molecule has 4 heterocycles. The molecule has 2 aliphatic rings. The van der Waals surface area contributed by atoms with E-state index in [1.165, 1.54) is 17.5 Å². The minimum atomic E-state index is 0.960. The molecule has 1 aromatic carbocycles. The second kappa shape index (κ2) is 5.89. The molecular formula is C16H8N2S5. The molecule has 0 saturated heterocycles. The summed E-state index contributed by atoms with van der Waals surface area (Å²) in [6, 6.07) is 8.11. The van der Waals surface area contributed by atoms with Crippen LogP contribution in [0.25, 0.3) is 30.5 Å². The van der Waals surface area contributed by atoms with Gasteiger partial charge in [0.05, 0.1) is 28.6 Å². The normalized spacial score (nSPS) is 17.2. The number of hydrogen-bond donors (Lipinski definition) is 0. The largest absolute Gasteiger partial charge is 0.243 e. The van der Waals surface area contributed by atoms with Gasteiger partial charge in [0.15, 0.2) is 0 Å². The molecule has 0 fully saturated rings. The molecule has 23 heavy (non-hydrogen) atoms. The number of fused-ring (bicyclic) bond motifs is 2. The van der Waals surface area contributed by atoms with E-state index < -0.39 is 0 Å². The van der Waals surface area contributed by atoms with Gasteiger partial charge in [-0.2, -0.15) is 0 Å². The fourth-order valence-electron chi connectivity index (χ4n) is 2.42. The molecule has 2 aromatic heterocycles. The molecule has 0 spiro atoms. The molecule has 112 valence electrons. The van der Waals surface area contributed by atoms with Crippen LogP contribution in [0.5, 0.6) is 0 Å². The number of hydrogen-bond acceptors (Lipinski definition) is 7. The van der Waals surface area contributed by atoms with Crippen molar-refractivity contribution in [1.82, 2.24) is 9.97 Å². The van der Waals surface area contributed by atoms with Crippen molar-refractivity contribution < 1.29 is 0 Å². The fourth-order valence-corrected chi connectivity index (χ4v) is 7.66. The Morgan fingerprint density at radius 3 is 1.48 bits per heavy atom. The lowest BCUT2D eigenvalue weighted by Gasteiger charge is -1.98. The second-order valence-electron chi connectivity index (χ2n) is 4.76. The van der Waals surface area contributed by atoms with Gasteiger partial charge in [-0.15, -0.1) is 11.3 Å². The van der Waals surface area contributed by atoms with Crippen LogP contribution < -0.4 is 9.06 Å². The number of thioether (sulfide) groups is 4. The fraction of sp³-hybridized carbons (Fsp3) is 0. The Morgan fingerprint density at radius 1 is 0.609 bits per heavy atom. The van der Waals surface area contributed by atoms with Gasteiger partial charge in [-0.3, -0.25) is 0 Å². The van der Waals surface area contributed by atoms with Crippen LogP contribution in [0, 0.1) is 0 Å². The van der Waals surface area contributed by atoms with E-state index in [2.05, 4.69) is 21.6 Å². The third-order valence-corrected chi connectivity index (χ3v) is 9.37. The zero-order chi connectivity index (χ0) is 15.2. The van der Waals surface area contributed by atoms with Crippen LogP contribution in [0.15, 0.2) is 45.9 Å². The summed E-state index contributed by atoms with van der Waals surface area (Å²) in [5.74, 6) is 0. The van der Waals surface area contributed by atoms with E-state index >= 15 is 0 Å². The summed E-state index contributed by atoms with van der Waals surface area (Å²) in [7, 11) is 0. The maximum Gasteiger partial charge on any atom is 0.110 e. The van der Waals surface area contributed by atoms with Gasteiger partial charge < -0.3 is 0 Å². The van der Waals surface area contributed by atoms with Crippen molar-refractivity contribution in [2.24, 2.45) is 0 Å². The summed E-state index contributed by atoms with van der Waals surface area (Å²) in [6.45, 7) is 0. The van der Waals surface area contributed by atoms with E-state index in [4.69, 9.17) is 9.97 Å². The molecule has 0 radical (unpaired) electrons. The Morgan fingerprint density at radius 2 is 1.04 bits per heavy atom. The topological polar surface area (TPSA) is 25.8 Å². The zero-order valence-corrected chi connectivity index (χ0v) is 15.6. The Balaban J connectivity index is 1.97. The van der Waals surface area contributed by atoms with Crippen LogP contribution >= 0.6 is 58.4 Å². The molecule has 0 aliphatic carbocycles. The van der Waals surface area contributed by atoms with E-state index in [0.29, 0.717) is 0 Å². The van der Waals surface area contributed by atoms with Crippen molar-refractivity contribution >= 4 is 88.9 Å². The number of rotatable bonds is 0. The summed E-state index contributed by atoms with van der Waals surface area (Å²) in [5, 5.41) is 8.53. The first-order valence-electron chi connectivity index (χ1n) is 6.81. The lowest BCUT2D eigenvalue weighted by atomic mass is 10.3. The summed E-state index contributed by atoms with van der Waals surface area (Å²) >= 11 is 8.91. The Bertz CT molecular complexity index is 1020. The van der Waals surface area contributed by atoms with Crippen LogP contribution in [0.3, 0.4) is 0 Å². The average Bonchev–Trinajstić information content (AvgIpc) is 3.32. The van der Waals surface area contributed by atoms with Gasteiger partial charge in [0.1, 0.15) is 11.0 Å². The molecule has 3 aromatic rings. The Kier molecular flexibility index (Phi) is 3.71. The third kappa shape index (κ3) is 2.46. The summed E-state index contributed by atoms with van der Waals surface area (Å²) in [4.78, 5) is 9.87. The smallest absolute Gasteiger partial charge is 0.110 e. The van der Waals surface area contributed by atoms with Crippen molar-refractivity contribution in [3.8, 4) is 0 Å². The lowest BCUT2D eigenvalue weighted by Crippen LogP contribution is -1.99. The van der Waals surface area contributed by atoms with Crippen LogP contribution in [-0.4, -0.2) is 9.97 Å². The minimum Gasteiger partial charge on any atom is -0.243 e.